The Morgan fingerprint density at radius 3 is 2.62 bits per heavy atom. The van der Waals surface area contributed by atoms with Gasteiger partial charge in [0.15, 0.2) is 0 Å². The van der Waals surface area contributed by atoms with Crippen LogP contribution < -0.4 is 5.32 Å². The normalized spacial score (nSPS) is 11.9. The molecule has 1 aromatic rings. The van der Waals surface area contributed by atoms with Crippen molar-refractivity contribution in [3.05, 3.63) is 35.4 Å². The summed E-state index contributed by atoms with van der Waals surface area (Å²) in [7, 11) is 0. The van der Waals surface area contributed by atoms with E-state index in [1.807, 2.05) is 31.2 Å². The molecule has 0 heterocycles. The summed E-state index contributed by atoms with van der Waals surface area (Å²) in [6, 6.07) is 7.01. The van der Waals surface area contributed by atoms with Gasteiger partial charge in [-0.05, 0) is 12.5 Å². The van der Waals surface area contributed by atoms with Gasteiger partial charge in [0.05, 0.1) is 12.5 Å². The molecule has 0 saturated carbocycles. The molecule has 0 radical (unpaired) electrons. The first kappa shape index (κ1) is 12.2. The van der Waals surface area contributed by atoms with Crippen molar-refractivity contribution in [2.24, 2.45) is 0 Å². The van der Waals surface area contributed by atoms with Gasteiger partial charge in [0.25, 0.3) is 0 Å². The van der Waals surface area contributed by atoms with Gasteiger partial charge >= 0.3 is 5.97 Å². The Morgan fingerprint density at radius 2 is 2.12 bits per heavy atom. The van der Waals surface area contributed by atoms with Crippen LogP contribution in [0.3, 0.4) is 0 Å². The second-order valence-corrected chi connectivity index (χ2v) is 3.77. The molecule has 1 rings (SSSR count). The van der Waals surface area contributed by atoms with Crippen LogP contribution in [0.2, 0.25) is 0 Å². The van der Waals surface area contributed by atoms with Gasteiger partial charge in [-0.3, -0.25) is 9.59 Å². The number of hydrogen-bond acceptors (Lipinski definition) is 2. The Kier molecular flexibility index (Phi) is 4.05. The molecular weight excluding hydrogens is 206 g/mol. The maximum Gasteiger partial charge on any atom is 0.305 e. The lowest BCUT2D eigenvalue weighted by Gasteiger charge is -2.16. The quantitative estimate of drug-likeness (QED) is 0.812. The number of carboxylic acids is 1. The van der Waals surface area contributed by atoms with E-state index >= 15 is 0 Å². The average Bonchev–Trinajstić information content (AvgIpc) is 2.15. The SMILES string of the molecule is CC(=O)N[C@H](CC(=O)O)c1cccc(C)c1. The Hall–Kier alpha value is -1.84. The van der Waals surface area contributed by atoms with Crippen molar-refractivity contribution in [3.63, 3.8) is 0 Å². The zero-order valence-electron chi connectivity index (χ0n) is 9.36. The van der Waals surface area contributed by atoms with Gasteiger partial charge in [-0.1, -0.05) is 29.8 Å². The van der Waals surface area contributed by atoms with Gasteiger partial charge in [-0.15, -0.1) is 0 Å². The number of benzene rings is 1. The van der Waals surface area contributed by atoms with Crippen molar-refractivity contribution in [1.29, 1.82) is 0 Å². The molecule has 0 aliphatic heterocycles. The Bertz CT molecular complexity index is 385. The van der Waals surface area contributed by atoms with Crippen LogP contribution in [-0.2, 0) is 9.59 Å². The van der Waals surface area contributed by atoms with Crippen LogP contribution in [0.1, 0.15) is 30.5 Å². The van der Waals surface area contributed by atoms with E-state index in [4.69, 9.17) is 5.11 Å². The van der Waals surface area contributed by atoms with E-state index in [1.54, 1.807) is 0 Å². The molecule has 16 heavy (non-hydrogen) atoms. The fourth-order valence-corrected chi connectivity index (χ4v) is 1.56. The highest BCUT2D eigenvalue weighted by molar-refractivity contribution is 5.75. The molecule has 0 unspecified atom stereocenters. The lowest BCUT2D eigenvalue weighted by molar-refractivity contribution is -0.137. The first-order chi connectivity index (χ1) is 7.49. The van der Waals surface area contributed by atoms with Crippen molar-refractivity contribution in [2.75, 3.05) is 0 Å². The predicted octanol–water partition coefficient (Wildman–Crippen LogP) is 1.65. The minimum Gasteiger partial charge on any atom is -0.481 e. The van der Waals surface area contributed by atoms with Gasteiger partial charge in [-0.25, -0.2) is 0 Å². The van der Waals surface area contributed by atoms with Crippen LogP contribution in [0.4, 0.5) is 0 Å². The molecule has 0 aromatic heterocycles. The van der Waals surface area contributed by atoms with E-state index in [1.165, 1.54) is 6.92 Å². The van der Waals surface area contributed by atoms with Crippen LogP contribution in [-0.4, -0.2) is 17.0 Å². The van der Waals surface area contributed by atoms with E-state index in [0.29, 0.717) is 0 Å². The molecule has 0 spiro atoms. The third-order valence-electron chi connectivity index (χ3n) is 2.20. The van der Waals surface area contributed by atoms with Crippen LogP contribution in [0.5, 0.6) is 0 Å². The fourth-order valence-electron chi connectivity index (χ4n) is 1.56. The molecule has 2 N–H and O–H groups in total. The van der Waals surface area contributed by atoms with Crippen LogP contribution >= 0.6 is 0 Å². The predicted molar refractivity (Wildman–Crippen MR) is 60.0 cm³/mol. The Morgan fingerprint density at radius 1 is 1.44 bits per heavy atom. The third-order valence-corrected chi connectivity index (χ3v) is 2.20. The van der Waals surface area contributed by atoms with Crippen LogP contribution in [0, 0.1) is 6.92 Å². The van der Waals surface area contributed by atoms with Crippen molar-refractivity contribution in [2.45, 2.75) is 26.3 Å². The van der Waals surface area contributed by atoms with Gasteiger partial charge in [0.1, 0.15) is 0 Å². The number of aliphatic carboxylic acids is 1. The number of hydrogen-bond donors (Lipinski definition) is 2. The Balaban J connectivity index is 2.90. The first-order valence-electron chi connectivity index (χ1n) is 5.04. The largest absolute Gasteiger partial charge is 0.481 e. The summed E-state index contributed by atoms with van der Waals surface area (Å²) in [4.78, 5) is 21.7. The summed E-state index contributed by atoms with van der Waals surface area (Å²) in [5, 5.41) is 11.4. The van der Waals surface area contributed by atoms with Crippen molar-refractivity contribution in [1.82, 2.24) is 5.32 Å². The lowest BCUT2D eigenvalue weighted by atomic mass is 10.0. The molecule has 1 aromatic carbocycles. The number of nitrogens with one attached hydrogen (secondary N) is 1. The van der Waals surface area contributed by atoms with Gasteiger partial charge in [-0.2, -0.15) is 0 Å². The number of carbonyl (C=O) groups is 2. The maximum absolute atomic E-state index is 11.0. The molecule has 86 valence electrons. The molecule has 0 aliphatic carbocycles. The maximum atomic E-state index is 11.0. The van der Waals surface area contributed by atoms with Gasteiger partial charge in [0.2, 0.25) is 5.91 Å². The highest BCUT2D eigenvalue weighted by Crippen LogP contribution is 2.17. The van der Waals surface area contributed by atoms with Gasteiger partial charge in [0, 0.05) is 6.92 Å². The second kappa shape index (κ2) is 5.30. The zero-order valence-corrected chi connectivity index (χ0v) is 9.36. The third kappa shape index (κ3) is 3.73. The van der Waals surface area contributed by atoms with Crippen molar-refractivity contribution < 1.29 is 14.7 Å². The fraction of sp³-hybridized carbons (Fsp3) is 0.333. The van der Waals surface area contributed by atoms with E-state index in [-0.39, 0.29) is 12.3 Å². The summed E-state index contributed by atoms with van der Waals surface area (Å²) in [6.45, 7) is 3.31. The standard InChI is InChI=1S/C12H15NO3/c1-8-4-3-5-10(6-8)11(7-12(15)16)13-9(2)14/h3-6,11H,7H2,1-2H3,(H,13,14)(H,15,16)/t11-/m1/s1. The number of amides is 1. The summed E-state index contributed by atoms with van der Waals surface area (Å²) >= 11 is 0. The van der Waals surface area contributed by atoms with Gasteiger partial charge < -0.3 is 10.4 Å². The highest BCUT2D eigenvalue weighted by Gasteiger charge is 2.16. The lowest BCUT2D eigenvalue weighted by Crippen LogP contribution is -2.28. The zero-order chi connectivity index (χ0) is 12.1. The first-order valence-corrected chi connectivity index (χ1v) is 5.04. The summed E-state index contributed by atoms with van der Waals surface area (Å²) in [5.41, 5.74) is 1.86. The molecule has 0 fully saturated rings. The molecule has 0 aliphatic rings. The molecule has 4 nitrogen and oxygen atoms in total. The molecular formula is C12H15NO3. The topological polar surface area (TPSA) is 66.4 Å². The van der Waals surface area contributed by atoms with E-state index < -0.39 is 12.0 Å². The number of carboxylic acid groups (broad SMARTS) is 1. The number of aryl methyl sites for hydroxylation is 1. The number of carbonyl (C=O) groups excluding carboxylic acids is 1. The molecule has 1 amide bonds. The molecule has 1 atom stereocenters. The molecule has 0 saturated heterocycles. The highest BCUT2D eigenvalue weighted by atomic mass is 16.4. The average molecular weight is 221 g/mol. The Labute approximate surface area is 94.3 Å². The number of rotatable bonds is 4. The monoisotopic (exact) mass is 221 g/mol. The molecule has 4 heteroatoms. The van der Waals surface area contributed by atoms with Crippen molar-refractivity contribution in [3.8, 4) is 0 Å². The van der Waals surface area contributed by atoms with Crippen LogP contribution in [0.15, 0.2) is 24.3 Å². The minimum absolute atomic E-state index is 0.108. The minimum atomic E-state index is -0.930. The second-order valence-electron chi connectivity index (χ2n) is 3.77. The van der Waals surface area contributed by atoms with E-state index in [9.17, 15) is 9.59 Å². The summed E-state index contributed by atoms with van der Waals surface area (Å²) in [5.74, 6) is -1.16. The van der Waals surface area contributed by atoms with Crippen LogP contribution in [0.25, 0.3) is 0 Å². The summed E-state index contributed by atoms with van der Waals surface area (Å²) in [6.07, 6.45) is -0.108. The smallest absolute Gasteiger partial charge is 0.305 e. The van der Waals surface area contributed by atoms with Crippen molar-refractivity contribution >= 4 is 11.9 Å². The molecule has 0 bridgehead atoms. The summed E-state index contributed by atoms with van der Waals surface area (Å²) < 4.78 is 0. The van der Waals surface area contributed by atoms with E-state index in [2.05, 4.69) is 5.32 Å². The van der Waals surface area contributed by atoms with E-state index in [0.717, 1.165) is 11.1 Å².